The molecule has 0 spiro atoms. The first-order chi connectivity index (χ1) is 6.74. The predicted molar refractivity (Wildman–Crippen MR) is 64.4 cm³/mol. The van der Waals surface area contributed by atoms with E-state index in [-0.39, 0.29) is 0 Å². The molecule has 1 unspecified atom stereocenters. The van der Waals surface area contributed by atoms with Crippen LogP contribution in [-0.2, 0) is 4.74 Å². The van der Waals surface area contributed by atoms with E-state index in [9.17, 15) is 0 Å². The molecule has 1 aromatic heterocycles. The van der Waals surface area contributed by atoms with Crippen LogP contribution < -0.4 is 5.32 Å². The molecule has 0 bridgehead atoms. The van der Waals surface area contributed by atoms with Crippen LogP contribution in [0.4, 0.5) is 0 Å². The normalized spacial score (nSPS) is 13.1. The molecule has 5 heteroatoms. The summed E-state index contributed by atoms with van der Waals surface area (Å²) in [5.41, 5.74) is 0. The summed E-state index contributed by atoms with van der Waals surface area (Å²) in [5.74, 6) is 0. The molecule has 1 aromatic rings. The molecule has 0 aromatic carbocycles. The summed E-state index contributed by atoms with van der Waals surface area (Å²) in [6.45, 7) is 4.70. The van der Waals surface area contributed by atoms with E-state index in [2.05, 4.69) is 39.9 Å². The predicted octanol–water partition coefficient (Wildman–Crippen LogP) is 1.28. The summed E-state index contributed by atoms with van der Waals surface area (Å²) >= 11 is 2.26. The number of methoxy groups -OCH3 is 1. The van der Waals surface area contributed by atoms with Gasteiger partial charge in [0.25, 0.3) is 0 Å². The van der Waals surface area contributed by atoms with Gasteiger partial charge in [-0.05, 0) is 29.5 Å². The molecule has 0 radical (unpaired) electrons. The Bertz CT molecular complexity index is 264. The minimum absolute atomic E-state index is 0.385. The first-order valence-electron chi connectivity index (χ1n) is 4.63. The maximum Gasteiger partial charge on any atom is 0.0623 e. The van der Waals surface area contributed by atoms with Crippen molar-refractivity contribution < 1.29 is 4.74 Å². The van der Waals surface area contributed by atoms with Crippen molar-refractivity contribution in [3.8, 4) is 0 Å². The Labute approximate surface area is 98.2 Å². The van der Waals surface area contributed by atoms with Crippen molar-refractivity contribution >= 4 is 22.6 Å². The lowest BCUT2D eigenvalue weighted by Gasteiger charge is -2.12. The lowest BCUT2D eigenvalue weighted by atomic mass is 10.3. The van der Waals surface area contributed by atoms with Crippen molar-refractivity contribution in [1.29, 1.82) is 0 Å². The Morgan fingerprint density at radius 1 is 1.71 bits per heavy atom. The van der Waals surface area contributed by atoms with Gasteiger partial charge >= 0.3 is 0 Å². The number of ether oxygens (including phenoxy) is 1. The van der Waals surface area contributed by atoms with E-state index in [1.165, 1.54) is 3.57 Å². The largest absolute Gasteiger partial charge is 0.383 e. The van der Waals surface area contributed by atoms with E-state index in [1.54, 1.807) is 7.11 Å². The maximum absolute atomic E-state index is 4.95. The average molecular weight is 309 g/mol. The molecule has 0 aliphatic heterocycles. The highest BCUT2D eigenvalue weighted by Gasteiger charge is 2.04. The van der Waals surface area contributed by atoms with Crippen molar-refractivity contribution in [3.63, 3.8) is 0 Å². The molecule has 1 heterocycles. The summed E-state index contributed by atoms with van der Waals surface area (Å²) in [6.07, 6.45) is 3.91. The van der Waals surface area contributed by atoms with Gasteiger partial charge in [-0.15, -0.1) is 0 Å². The third-order valence-corrected chi connectivity index (χ3v) is 2.50. The van der Waals surface area contributed by atoms with Gasteiger partial charge < -0.3 is 10.1 Å². The van der Waals surface area contributed by atoms with Crippen LogP contribution in [0.5, 0.6) is 0 Å². The molecule has 1 N–H and O–H groups in total. The Kier molecular flexibility index (Phi) is 5.42. The Hall–Kier alpha value is -0.140. The van der Waals surface area contributed by atoms with Crippen molar-refractivity contribution in [2.24, 2.45) is 0 Å². The highest BCUT2D eigenvalue weighted by atomic mass is 127. The number of aromatic nitrogens is 2. The molecule has 14 heavy (non-hydrogen) atoms. The van der Waals surface area contributed by atoms with Crippen LogP contribution in [0, 0.1) is 3.57 Å². The van der Waals surface area contributed by atoms with E-state index in [0.717, 1.165) is 19.7 Å². The van der Waals surface area contributed by atoms with Gasteiger partial charge in [-0.25, -0.2) is 0 Å². The number of hydrogen-bond acceptors (Lipinski definition) is 3. The lowest BCUT2D eigenvalue weighted by Crippen LogP contribution is -2.26. The van der Waals surface area contributed by atoms with Crippen LogP contribution in [0.3, 0.4) is 0 Å². The van der Waals surface area contributed by atoms with Gasteiger partial charge in [-0.3, -0.25) is 4.68 Å². The molecule has 0 aliphatic carbocycles. The monoisotopic (exact) mass is 309 g/mol. The third kappa shape index (κ3) is 3.93. The zero-order valence-electron chi connectivity index (χ0n) is 8.53. The van der Waals surface area contributed by atoms with E-state index in [4.69, 9.17) is 4.74 Å². The smallest absolute Gasteiger partial charge is 0.0623 e. The second-order valence-electron chi connectivity index (χ2n) is 3.18. The second kappa shape index (κ2) is 6.36. The fraction of sp³-hybridized carbons (Fsp3) is 0.667. The molecule has 80 valence electrons. The van der Waals surface area contributed by atoms with Gasteiger partial charge in [-0.1, -0.05) is 0 Å². The molecular weight excluding hydrogens is 293 g/mol. The number of rotatable bonds is 6. The van der Waals surface area contributed by atoms with Crippen molar-refractivity contribution in [2.45, 2.75) is 13.0 Å². The second-order valence-corrected chi connectivity index (χ2v) is 4.43. The fourth-order valence-electron chi connectivity index (χ4n) is 1.13. The van der Waals surface area contributed by atoms with Crippen LogP contribution in [0.25, 0.3) is 0 Å². The number of nitrogens with zero attached hydrogens (tertiary/aromatic N) is 2. The minimum atomic E-state index is 0.385. The topological polar surface area (TPSA) is 39.1 Å². The van der Waals surface area contributed by atoms with Gasteiger partial charge in [0.2, 0.25) is 0 Å². The molecule has 1 rings (SSSR count). The first kappa shape index (κ1) is 11.9. The van der Waals surface area contributed by atoms with Crippen molar-refractivity contribution in [2.75, 3.05) is 26.8 Å². The highest BCUT2D eigenvalue weighted by Crippen LogP contribution is 2.07. The third-order valence-electron chi connectivity index (χ3n) is 1.94. The maximum atomic E-state index is 4.95. The molecule has 4 nitrogen and oxygen atoms in total. The summed E-state index contributed by atoms with van der Waals surface area (Å²) < 4.78 is 8.09. The fourth-order valence-corrected chi connectivity index (χ4v) is 1.54. The van der Waals surface area contributed by atoms with Crippen molar-refractivity contribution in [3.05, 3.63) is 16.0 Å². The van der Waals surface area contributed by atoms with Crippen LogP contribution in [0.1, 0.15) is 13.0 Å². The highest BCUT2D eigenvalue weighted by molar-refractivity contribution is 14.1. The first-order valence-corrected chi connectivity index (χ1v) is 5.71. The Morgan fingerprint density at radius 2 is 2.50 bits per heavy atom. The van der Waals surface area contributed by atoms with E-state index in [1.807, 2.05) is 17.1 Å². The molecule has 0 aliphatic rings. The quantitative estimate of drug-likeness (QED) is 0.636. The number of halogens is 1. The summed E-state index contributed by atoms with van der Waals surface area (Å²) in [7, 11) is 1.71. The van der Waals surface area contributed by atoms with Gasteiger partial charge in [-0.2, -0.15) is 5.10 Å². The molecule has 0 saturated heterocycles. The molecule has 0 saturated carbocycles. The number of hydrogen-bond donors (Lipinski definition) is 1. The molecule has 1 atom stereocenters. The van der Waals surface area contributed by atoms with Gasteiger partial charge in [0.05, 0.1) is 22.4 Å². The lowest BCUT2D eigenvalue weighted by molar-refractivity contribution is 0.198. The summed E-state index contributed by atoms with van der Waals surface area (Å²) in [4.78, 5) is 0. The SMILES string of the molecule is COCCNCC(C)n1cc(I)cn1. The Balaban J connectivity index is 2.25. The zero-order chi connectivity index (χ0) is 10.4. The molecule has 0 amide bonds. The summed E-state index contributed by atoms with van der Waals surface area (Å²) in [6, 6.07) is 0.385. The van der Waals surface area contributed by atoms with Gasteiger partial charge in [0.1, 0.15) is 0 Å². The van der Waals surface area contributed by atoms with Crippen LogP contribution in [0.15, 0.2) is 12.4 Å². The zero-order valence-corrected chi connectivity index (χ0v) is 10.7. The summed E-state index contributed by atoms with van der Waals surface area (Å²) in [5, 5.41) is 7.56. The standard InChI is InChI=1S/C9H16IN3O/c1-8(5-11-3-4-14-2)13-7-9(10)6-12-13/h6-8,11H,3-5H2,1-2H3. The average Bonchev–Trinajstić information content (AvgIpc) is 2.59. The number of nitrogens with one attached hydrogen (secondary N) is 1. The van der Waals surface area contributed by atoms with Crippen LogP contribution in [-0.4, -0.2) is 36.6 Å². The molecular formula is C9H16IN3O. The Morgan fingerprint density at radius 3 is 3.07 bits per heavy atom. The van der Waals surface area contributed by atoms with Gasteiger partial charge in [0, 0.05) is 26.4 Å². The van der Waals surface area contributed by atoms with Crippen molar-refractivity contribution in [1.82, 2.24) is 15.1 Å². The van der Waals surface area contributed by atoms with Gasteiger partial charge in [0.15, 0.2) is 0 Å². The minimum Gasteiger partial charge on any atom is -0.383 e. The van der Waals surface area contributed by atoms with E-state index in [0.29, 0.717) is 6.04 Å². The van der Waals surface area contributed by atoms with Crippen LogP contribution in [0.2, 0.25) is 0 Å². The van der Waals surface area contributed by atoms with Crippen LogP contribution >= 0.6 is 22.6 Å². The van der Waals surface area contributed by atoms with E-state index >= 15 is 0 Å². The molecule has 0 fully saturated rings. The van der Waals surface area contributed by atoms with E-state index < -0.39 is 0 Å².